The molecule has 312 valence electrons. The molecule has 0 aliphatic heterocycles. The van der Waals surface area contributed by atoms with Crippen molar-refractivity contribution in [3.63, 3.8) is 0 Å². The number of benzene rings is 8. The minimum atomic E-state index is -0.177. The van der Waals surface area contributed by atoms with Crippen molar-refractivity contribution in [2.24, 2.45) is 0 Å². The molecule has 0 saturated carbocycles. The first kappa shape index (κ1) is 37.1. The van der Waals surface area contributed by atoms with Crippen LogP contribution in [0.25, 0.3) is 117 Å². The first-order valence-corrected chi connectivity index (χ1v) is 22.8. The summed E-state index contributed by atoms with van der Waals surface area (Å²) in [5.41, 5.74) is 16.5. The van der Waals surface area contributed by atoms with Crippen molar-refractivity contribution in [1.82, 2.24) is 24.1 Å². The van der Waals surface area contributed by atoms with Crippen LogP contribution in [-0.4, -0.2) is 24.1 Å². The summed E-state index contributed by atoms with van der Waals surface area (Å²) in [6, 6.07) is 65.0. The molecule has 6 heteroatoms. The number of rotatable bonds is 5. The first-order chi connectivity index (χ1) is 32.5. The predicted molar refractivity (Wildman–Crippen MR) is 269 cm³/mol. The average Bonchev–Trinajstić information content (AvgIpc) is 4.09. The van der Waals surface area contributed by atoms with Gasteiger partial charge in [0.2, 0.25) is 5.95 Å². The number of hydrogen-bond donors (Lipinski definition) is 0. The van der Waals surface area contributed by atoms with Crippen LogP contribution in [0.4, 0.5) is 0 Å². The summed E-state index contributed by atoms with van der Waals surface area (Å²) in [6.45, 7) is 4.63. The Labute approximate surface area is 380 Å². The van der Waals surface area contributed by atoms with E-state index < -0.39 is 0 Å². The normalized spacial score (nSPS) is 14.0. The maximum Gasteiger partial charge on any atom is 0.238 e. The zero-order valence-electron chi connectivity index (χ0n) is 36.5. The van der Waals surface area contributed by atoms with Crippen molar-refractivity contribution >= 4 is 66.4 Å². The molecule has 0 N–H and O–H groups in total. The fourth-order valence-electron chi connectivity index (χ4n) is 11.3. The van der Waals surface area contributed by atoms with Crippen molar-refractivity contribution in [2.75, 3.05) is 0 Å². The maximum absolute atomic E-state index is 6.72. The van der Waals surface area contributed by atoms with Crippen LogP contribution in [0, 0.1) is 0 Å². The zero-order valence-corrected chi connectivity index (χ0v) is 36.5. The molecule has 8 aromatic carbocycles. The molecule has 66 heavy (non-hydrogen) atoms. The molecule has 2 aliphatic carbocycles. The Balaban J connectivity index is 1.12. The fourth-order valence-corrected chi connectivity index (χ4v) is 11.3. The van der Waals surface area contributed by atoms with E-state index in [1.165, 1.54) is 44.3 Å². The number of fused-ring (bicyclic) bond motifs is 13. The largest absolute Gasteiger partial charge is 0.456 e. The van der Waals surface area contributed by atoms with Gasteiger partial charge in [-0.3, -0.25) is 4.57 Å². The van der Waals surface area contributed by atoms with Gasteiger partial charge in [0.25, 0.3) is 0 Å². The maximum atomic E-state index is 6.72. The summed E-state index contributed by atoms with van der Waals surface area (Å²) in [5, 5.41) is 6.88. The molecule has 6 nitrogen and oxygen atoms in total. The van der Waals surface area contributed by atoms with Crippen molar-refractivity contribution in [3.05, 3.63) is 204 Å². The van der Waals surface area contributed by atoms with Gasteiger partial charge in [-0.25, -0.2) is 4.98 Å². The Morgan fingerprint density at radius 3 is 1.88 bits per heavy atom. The average molecular weight is 848 g/mol. The first-order valence-electron chi connectivity index (χ1n) is 22.8. The summed E-state index contributed by atoms with van der Waals surface area (Å²) in [6.07, 6.45) is 3.96. The van der Waals surface area contributed by atoms with Crippen LogP contribution in [-0.2, 0) is 5.41 Å². The van der Waals surface area contributed by atoms with Gasteiger partial charge >= 0.3 is 0 Å². The molecule has 4 aromatic heterocycles. The molecule has 12 aromatic rings. The molecule has 0 radical (unpaired) electrons. The molecule has 4 heterocycles. The fraction of sp³-hybridized carbons (Fsp3) is 0.0833. The molecule has 0 fully saturated rings. The molecule has 0 unspecified atom stereocenters. The molecule has 0 atom stereocenters. The molecule has 0 bridgehead atoms. The van der Waals surface area contributed by atoms with Crippen molar-refractivity contribution in [3.8, 4) is 51.0 Å². The highest BCUT2D eigenvalue weighted by Gasteiger charge is 2.37. The van der Waals surface area contributed by atoms with Gasteiger partial charge in [-0.1, -0.05) is 172 Å². The van der Waals surface area contributed by atoms with Gasteiger partial charge < -0.3 is 8.98 Å². The molecular weight excluding hydrogens is 807 g/mol. The zero-order chi connectivity index (χ0) is 43.7. The van der Waals surface area contributed by atoms with Gasteiger partial charge in [-0.05, 0) is 76.6 Å². The molecular formula is C60H41N5O. The van der Waals surface area contributed by atoms with Crippen molar-refractivity contribution in [2.45, 2.75) is 32.1 Å². The topological polar surface area (TPSA) is 61.7 Å². The smallest absolute Gasteiger partial charge is 0.238 e. The third-order valence-corrected chi connectivity index (χ3v) is 14.3. The Morgan fingerprint density at radius 2 is 1.11 bits per heavy atom. The molecule has 0 spiro atoms. The van der Waals surface area contributed by atoms with Gasteiger partial charge in [0.1, 0.15) is 11.0 Å². The van der Waals surface area contributed by atoms with Crippen LogP contribution in [0.5, 0.6) is 0 Å². The van der Waals surface area contributed by atoms with Crippen LogP contribution in [0.15, 0.2) is 186 Å². The van der Waals surface area contributed by atoms with Crippen molar-refractivity contribution in [1.29, 1.82) is 0 Å². The standard InChI is InChI=1S/C60H41N5O/c1-60(2)46-25-12-9-23-43(46)53-44(24-15-26-47(53)60)58-61-57(37-19-7-4-8-20-37)62-59(63-58)65-49-28-14-11-22-40(49)42-33-32-41-39-21-10-13-27-48(39)64(55(41)56(42)65)50-29-16-30-52-54(50)45-35-38(31-34-51(45)66-52)36-17-5-3-6-18-36/h3-15,17-28,30-35H,16,29H2,1-2H3. The lowest BCUT2D eigenvalue weighted by atomic mass is 9.82. The Kier molecular flexibility index (Phi) is 7.76. The summed E-state index contributed by atoms with van der Waals surface area (Å²) < 4.78 is 11.6. The van der Waals surface area contributed by atoms with E-state index in [9.17, 15) is 0 Å². The van der Waals surface area contributed by atoms with Crippen LogP contribution >= 0.6 is 0 Å². The van der Waals surface area contributed by atoms with E-state index in [2.05, 4.69) is 205 Å². The van der Waals surface area contributed by atoms with E-state index in [0.29, 0.717) is 17.6 Å². The van der Waals surface area contributed by atoms with E-state index in [4.69, 9.17) is 19.4 Å². The van der Waals surface area contributed by atoms with Crippen molar-refractivity contribution < 1.29 is 4.42 Å². The Hall–Kier alpha value is -8.35. The summed E-state index contributed by atoms with van der Waals surface area (Å²) >= 11 is 0. The second-order valence-electron chi connectivity index (χ2n) is 18.2. The van der Waals surface area contributed by atoms with E-state index in [0.717, 1.165) is 84.0 Å². The van der Waals surface area contributed by atoms with E-state index in [1.807, 2.05) is 6.07 Å². The van der Waals surface area contributed by atoms with Gasteiger partial charge in [0.05, 0.1) is 22.1 Å². The quantitative estimate of drug-likeness (QED) is 0.173. The van der Waals surface area contributed by atoms with E-state index in [-0.39, 0.29) is 5.41 Å². The van der Waals surface area contributed by atoms with Gasteiger partial charge in [0.15, 0.2) is 11.6 Å². The highest BCUT2D eigenvalue weighted by atomic mass is 16.3. The summed E-state index contributed by atoms with van der Waals surface area (Å²) in [4.78, 5) is 16.4. The Morgan fingerprint density at radius 1 is 0.485 bits per heavy atom. The van der Waals surface area contributed by atoms with E-state index >= 15 is 0 Å². The number of nitrogens with zero attached hydrogens (tertiary/aromatic N) is 5. The number of aromatic nitrogens is 5. The van der Waals surface area contributed by atoms with Gasteiger partial charge in [-0.15, -0.1) is 0 Å². The lowest BCUT2D eigenvalue weighted by Gasteiger charge is -2.21. The van der Waals surface area contributed by atoms with Crippen LogP contribution in [0.2, 0.25) is 0 Å². The number of furan rings is 1. The van der Waals surface area contributed by atoms with Crippen LogP contribution in [0.3, 0.4) is 0 Å². The minimum absolute atomic E-state index is 0.177. The van der Waals surface area contributed by atoms with Crippen LogP contribution < -0.4 is 10.6 Å². The number of hydrogen-bond acceptors (Lipinski definition) is 4. The van der Waals surface area contributed by atoms with Gasteiger partial charge in [0, 0.05) is 54.4 Å². The third-order valence-electron chi connectivity index (χ3n) is 14.3. The SMILES string of the molecule is CC1(C)c2ccccc2-c2c(-c3nc(-c4ccccc4)nc(-n4c5ccccc5c5ccc6c7ccccc7n(C7=c8c(oc9ccc(-c%10ccccc%10)cc89)=CCC7)c6c54)n3)cccc21. The predicted octanol–water partition coefficient (Wildman–Crippen LogP) is 13.4. The monoisotopic (exact) mass is 847 g/mol. The minimum Gasteiger partial charge on any atom is -0.456 e. The summed E-state index contributed by atoms with van der Waals surface area (Å²) in [5.74, 6) is 1.84. The highest BCUT2D eigenvalue weighted by Crippen LogP contribution is 2.52. The Bertz CT molecular complexity index is 4140. The molecule has 0 saturated heterocycles. The lowest BCUT2D eigenvalue weighted by molar-refractivity contribution is 0.570. The lowest BCUT2D eigenvalue weighted by Crippen LogP contribution is -2.28. The second-order valence-corrected chi connectivity index (χ2v) is 18.2. The van der Waals surface area contributed by atoms with Gasteiger partial charge in [-0.2, -0.15) is 9.97 Å². The molecule has 14 rings (SSSR count). The van der Waals surface area contributed by atoms with E-state index in [1.54, 1.807) is 0 Å². The highest BCUT2D eigenvalue weighted by molar-refractivity contribution is 6.24. The summed E-state index contributed by atoms with van der Waals surface area (Å²) in [7, 11) is 0. The second kappa shape index (κ2) is 13.8. The molecule has 2 aliphatic rings. The number of para-hydroxylation sites is 2. The third kappa shape index (κ3) is 5.21. The molecule has 0 amide bonds. The van der Waals surface area contributed by atoms with Crippen LogP contribution in [0.1, 0.15) is 37.8 Å².